The van der Waals surface area contributed by atoms with Crippen LogP contribution in [-0.4, -0.2) is 22.4 Å². The molecule has 0 aliphatic heterocycles. The van der Waals surface area contributed by atoms with Gasteiger partial charge in [-0.2, -0.15) is 0 Å². The molecule has 26 heavy (non-hydrogen) atoms. The zero-order chi connectivity index (χ0) is 19.9. The Labute approximate surface area is 151 Å². The molecule has 0 spiro atoms. The molecule has 0 aromatic heterocycles. The van der Waals surface area contributed by atoms with Crippen molar-refractivity contribution in [3.8, 4) is 0 Å². The Morgan fingerprint density at radius 3 is 2.04 bits per heavy atom. The lowest BCUT2D eigenvalue weighted by molar-refractivity contribution is -0.384. The molecule has 0 heterocycles. The van der Waals surface area contributed by atoms with E-state index < -0.39 is 16.6 Å². The van der Waals surface area contributed by atoms with Crippen LogP contribution in [0.4, 0.5) is 10.5 Å². The van der Waals surface area contributed by atoms with Crippen LogP contribution in [0, 0.1) is 17.0 Å². The highest BCUT2D eigenvalue weighted by atomic mass is 16.6. The molecule has 0 aliphatic rings. The molecule has 0 fully saturated rings. The number of carbonyl (C=O) groups is 2. The van der Waals surface area contributed by atoms with Gasteiger partial charge in [-0.1, -0.05) is 30.3 Å². The van der Waals surface area contributed by atoms with E-state index in [9.17, 15) is 19.7 Å². The summed E-state index contributed by atoms with van der Waals surface area (Å²) in [5, 5.41) is 10.6. The number of hydrogen-bond acceptors (Lipinski definition) is 5. The number of ether oxygens (including phenoxy) is 1. The average Bonchev–Trinajstić information content (AvgIpc) is 2.53. The first-order valence-electron chi connectivity index (χ1n) is 7.84. The highest BCUT2D eigenvalue weighted by Gasteiger charge is 2.14. The number of ketones is 1. The van der Waals surface area contributed by atoms with E-state index in [0.717, 1.165) is 0 Å². The summed E-state index contributed by atoms with van der Waals surface area (Å²) < 4.78 is 4.58. The summed E-state index contributed by atoms with van der Waals surface area (Å²) in [6.45, 7) is 6.98. The second-order valence-corrected chi connectivity index (χ2v) is 6.48. The lowest BCUT2D eigenvalue weighted by Crippen LogP contribution is -2.27. The fraction of sp³-hybridized carbons (Fsp3) is 0.263. The maximum atomic E-state index is 12.2. The van der Waals surface area contributed by atoms with E-state index in [0.29, 0.717) is 16.7 Å². The van der Waals surface area contributed by atoms with Gasteiger partial charge in [0, 0.05) is 23.3 Å². The highest BCUT2D eigenvalue weighted by Crippen LogP contribution is 2.19. The van der Waals surface area contributed by atoms with E-state index >= 15 is 0 Å². The fourth-order valence-electron chi connectivity index (χ4n) is 2.06. The number of rotatable bonds is 3. The molecule has 0 saturated carbocycles. The molecule has 0 radical (unpaired) electrons. The number of benzene rings is 2. The molecule has 0 atom stereocenters. The van der Waals surface area contributed by atoms with Gasteiger partial charge in [0.1, 0.15) is 5.60 Å². The first-order chi connectivity index (χ1) is 12.0. The molecule has 1 amide bonds. The molecule has 138 valence electrons. The van der Waals surface area contributed by atoms with Crippen molar-refractivity contribution in [2.75, 3.05) is 0 Å². The number of carbonyl (C=O) groups excluding carboxylic acids is 2. The number of nitro groups is 1. The van der Waals surface area contributed by atoms with E-state index in [-0.39, 0.29) is 11.5 Å². The molecule has 2 N–H and O–H groups in total. The number of aryl methyl sites for hydroxylation is 1. The van der Waals surface area contributed by atoms with Gasteiger partial charge in [0.25, 0.3) is 5.69 Å². The first-order valence-corrected chi connectivity index (χ1v) is 7.84. The second kappa shape index (κ2) is 8.75. The topological polar surface area (TPSA) is 113 Å². The Morgan fingerprint density at radius 1 is 1.08 bits per heavy atom. The summed E-state index contributed by atoms with van der Waals surface area (Å²) >= 11 is 0. The van der Waals surface area contributed by atoms with E-state index in [1.165, 1.54) is 18.2 Å². The zero-order valence-electron chi connectivity index (χ0n) is 15.2. The minimum Gasteiger partial charge on any atom is -0.444 e. The number of non-ortho nitro benzene ring substituents is 1. The van der Waals surface area contributed by atoms with Gasteiger partial charge >= 0.3 is 6.09 Å². The van der Waals surface area contributed by atoms with Crippen molar-refractivity contribution in [2.45, 2.75) is 33.3 Å². The van der Waals surface area contributed by atoms with Crippen molar-refractivity contribution >= 4 is 17.6 Å². The van der Waals surface area contributed by atoms with Crippen LogP contribution in [-0.2, 0) is 4.74 Å². The third-order valence-corrected chi connectivity index (χ3v) is 3.11. The van der Waals surface area contributed by atoms with Crippen LogP contribution in [0.5, 0.6) is 0 Å². The smallest absolute Gasteiger partial charge is 0.405 e. The standard InChI is InChI=1S/C14H11NO3.C5H11NO2/c1-10-9-12(15(17)18)7-8-13(10)14(16)11-5-3-2-4-6-11;1-5(2,3)8-4(6)7/h2-9H,1H3;1-3H3,(H2,6,7). The average molecular weight is 358 g/mol. The number of nitro benzene ring substituents is 1. The maximum Gasteiger partial charge on any atom is 0.405 e. The number of nitrogens with two attached hydrogens (primary N) is 1. The van der Waals surface area contributed by atoms with E-state index in [2.05, 4.69) is 4.74 Å². The van der Waals surface area contributed by atoms with Gasteiger partial charge in [0.2, 0.25) is 0 Å². The normalized spacial score (nSPS) is 10.3. The molecule has 7 heteroatoms. The minimum atomic E-state index is -0.725. The Morgan fingerprint density at radius 2 is 1.65 bits per heavy atom. The Bertz CT molecular complexity index is 795. The quantitative estimate of drug-likeness (QED) is 0.506. The van der Waals surface area contributed by atoms with Crippen molar-refractivity contribution in [2.24, 2.45) is 5.73 Å². The third-order valence-electron chi connectivity index (χ3n) is 3.11. The third kappa shape index (κ3) is 6.72. The predicted molar refractivity (Wildman–Crippen MR) is 98.1 cm³/mol. The number of hydrogen-bond donors (Lipinski definition) is 1. The van der Waals surface area contributed by atoms with Crippen molar-refractivity contribution in [1.82, 2.24) is 0 Å². The van der Waals surface area contributed by atoms with Crippen molar-refractivity contribution in [1.29, 1.82) is 0 Å². The molecule has 0 unspecified atom stereocenters. The predicted octanol–water partition coefficient (Wildman–Crippen LogP) is 4.01. The Hall–Kier alpha value is -3.22. The Balaban J connectivity index is 0.000000359. The van der Waals surface area contributed by atoms with Crippen molar-refractivity contribution < 1.29 is 19.2 Å². The van der Waals surface area contributed by atoms with Crippen LogP contribution < -0.4 is 5.73 Å². The largest absolute Gasteiger partial charge is 0.444 e. The maximum absolute atomic E-state index is 12.2. The van der Waals surface area contributed by atoms with Gasteiger partial charge in [-0.15, -0.1) is 0 Å². The lowest BCUT2D eigenvalue weighted by atomic mass is 9.99. The summed E-state index contributed by atoms with van der Waals surface area (Å²) in [6, 6.07) is 13.1. The molecular formula is C19H22N2O5. The molecule has 0 bridgehead atoms. The van der Waals surface area contributed by atoms with Gasteiger partial charge in [0.05, 0.1) is 4.92 Å². The van der Waals surface area contributed by atoms with Crippen LogP contribution in [0.3, 0.4) is 0 Å². The van der Waals surface area contributed by atoms with E-state index in [1.54, 1.807) is 52.0 Å². The van der Waals surface area contributed by atoms with Crippen molar-refractivity contribution in [3.05, 3.63) is 75.3 Å². The van der Waals surface area contributed by atoms with Gasteiger partial charge < -0.3 is 10.5 Å². The number of primary amides is 1. The van der Waals surface area contributed by atoms with Crippen LogP contribution in [0.15, 0.2) is 48.5 Å². The molecule has 2 aromatic carbocycles. The summed E-state index contributed by atoms with van der Waals surface area (Å²) in [4.78, 5) is 32.3. The minimum absolute atomic E-state index is 0.00267. The van der Waals surface area contributed by atoms with E-state index in [4.69, 9.17) is 5.73 Å². The van der Waals surface area contributed by atoms with Crippen LogP contribution in [0.1, 0.15) is 42.3 Å². The summed E-state index contributed by atoms with van der Waals surface area (Å²) in [5.41, 5.74) is 5.94. The summed E-state index contributed by atoms with van der Waals surface area (Å²) in [6.07, 6.45) is -0.725. The zero-order valence-corrected chi connectivity index (χ0v) is 15.2. The molecule has 0 aliphatic carbocycles. The van der Waals surface area contributed by atoms with Gasteiger partial charge in [-0.05, 0) is 39.3 Å². The fourth-order valence-corrected chi connectivity index (χ4v) is 2.06. The summed E-state index contributed by atoms with van der Waals surface area (Å²) in [7, 11) is 0. The monoisotopic (exact) mass is 358 g/mol. The highest BCUT2D eigenvalue weighted by molar-refractivity contribution is 6.09. The SMILES string of the molecule is CC(C)(C)OC(N)=O.Cc1cc([N+](=O)[O-])ccc1C(=O)c1ccccc1. The number of nitrogens with zero attached hydrogens (tertiary/aromatic N) is 1. The molecule has 2 aromatic rings. The van der Waals surface area contributed by atoms with Crippen molar-refractivity contribution in [3.63, 3.8) is 0 Å². The van der Waals surface area contributed by atoms with Crippen LogP contribution >= 0.6 is 0 Å². The Kier molecular flexibility index (Phi) is 7.01. The molecule has 0 saturated heterocycles. The van der Waals surface area contributed by atoms with E-state index in [1.807, 2.05) is 6.07 Å². The lowest BCUT2D eigenvalue weighted by Gasteiger charge is -2.16. The van der Waals surface area contributed by atoms with Crippen LogP contribution in [0.2, 0.25) is 0 Å². The van der Waals surface area contributed by atoms with Gasteiger partial charge in [0.15, 0.2) is 5.78 Å². The van der Waals surface area contributed by atoms with Gasteiger partial charge in [-0.3, -0.25) is 14.9 Å². The second-order valence-electron chi connectivity index (χ2n) is 6.48. The van der Waals surface area contributed by atoms with Gasteiger partial charge in [-0.25, -0.2) is 4.79 Å². The molecular weight excluding hydrogens is 336 g/mol. The molecule has 7 nitrogen and oxygen atoms in total. The first kappa shape index (κ1) is 20.8. The van der Waals surface area contributed by atoms with Crippen LogP contribution in [0.25, 0.3) is 0 Å². The summed E-state index contributed by atoms with van der Waals surface area (Å²) in [5.74, 6) is -0.122. The molecule has 2 rings (SSSR count). The number of amides is 1.